The van der Waals surface area contributed by atoms with Crippen LogP contribution in [-0.2, 0) is 18.4 Å². The average Bonchev–Trinajstić information content (AvgIpc) is 3.58. The summed E-state index contributed by atoms with van der Waals surface area (Å²) in [4.78, 5) is 29.9. The normalized spacial score (nSPS) is 12.1. The Morgan fingerprint density at radius 3 is 2.76 bits per heavy atom. The van der Waals surface area contributed by atoms with Crippen LogP contribution in [0.15, 0.2) is 85.7 Å². The summed E-state index contributed by atoms with van der Waals surface area (Å²) in [5.74, 6) is 1.76. The third kappa shape index (κ3) is 4.62. The van der Waals surface area contributed by atoms with Gasteiger partial charge in [-0.1, -0.05) is 24.3 Å². The fourth-order valence-electron chi connectivity index (χ4n) is 5.22. The van der Waals surface area contributed by atoms with Crippen LogP contribution in [0.1, 0.15) is 11.3 Å². The van der Waals surface area contributed by atoms with Crippen molar-refractivity contribution in [2.24, 2.45) is 7.05 Å². The first-order chi connectivity index (χ1) is 20.5. The third-order valence-electron chi connectivity index (χ3n) is 7.09. The number of hydrogen-bond donors (Lipinski definition) is 2. The molecule has 0 saturated heterocycles. The smallest absolute Gasteiger partial charge is 0.249 e. The average molecular weight is 556 g/mol. The molecule has 11 nitrogen and oxygen atoms in total. The van der Waals surface area contributed by atoms with E-state index >= 15 is 0 Å². The summed E-state index contributed by atoms with van der Waals surface area (Å²) < 4.78 is 9.64. The van der Waals surface area contributed by atoms with Gasteiger partial charge < -0.3 is 19.9 Å². The summed E-state index contributed by atoms with van der Waals surface area (Å²) >= 11 is 0. The number of pyridine rings is 1. The number of hydrogen-bond acceptors (Lipinski definition) is 8. The molecule has 7 rings (SSSR count). The molecule has 1 amide bonds. The van der Waals surface area contributed by atoms with Crippen LogP contribution in [0.3, 0.4) is 0 Å². The molecule has 4 aromatic heterocycles. The number of carbonyl (C=O) groups excluding carboxylic acids is 1. The lowest BCUT2D eigenvalue weighted by atomic mass is 9.95. The summed E-state index contributed by atoms with van der Waals surface area (Å²) in [6.45, 7) is 2.51. The van der Waals surface area contributed by atoms with E-state index in [0.717, 1.165) is 50.5 Å². The van der Waals surface area contributed by atoms with Crippen molar-refractivity contribution in [2.45, 2.75) is 13.5 Å². The molecule has 0 aliphatic carbocycles. The maximum absolute atomic E-state index is 12.4. The van der Waals surface area contributed by atoms with Gasteiger partial charge in [0.1, 0.15) is 36.2 Å². The van der Waals surface area contributed by atoms with E-state index in [0.29, 0.717) is 23.9 Å². The van der Waals surface area contributed by atoms with Crippen LogP contribution in [0.2, 0.25) is 0 Å². The van der Waals surface area contributed by atoms with Gasteiger partial charge in [-0.05, 0) is 53.9 Å². The molecule has 206 valence electrons. The van der Waals surface area contributed by atoms with Crippen LogP contribution in [0.5, 0.6) is 11.6 Å². The van der Waals surface area contributed by atoms with Gasteiger partial charge >= 0.3 is 0 Å². The van der Waals surface area contributed by atoms with E-state index in [4.69, 9.17) is 4.74 Å². The largest absolute Gasteiger partial charge is 0.439 e. The summed E-state index contributed by atoms with van der Waals surface area (Å²) in [5.41, 5.74) is 7.53. The molecule has 6 aromatic rings. The van der Waals surface area contributed by atoms with Crippen molar-refractivity contribution in [3.05, 3.63) is 97.0 Å². The molecule has 0 bridgehead atoms. The second kappa shape index (κ2) is 10.3. The number of nitrogens with one attached hydrogen (secondary N) is 2. The Labute approximate surface area is 240 Å². The molecule has 0 spiro atoms. The van der Waals surface area contributed by atoms with Crippen molar-refractivity contribution < 1.29 is 9.53 Å². The van der Waals surface area contributed by atoms with Gasteiger partial charge in [-0.2, -0.15) is 5.10 Å². The van der Waals surface area contributed by atoms with Gasteiger partial charge in [0.15, 0.2) is 0 Å². The molecule has 0 fully saturated rings. The molecule has 11 heteroatoms. The molecule has 0 saturated carbocycles. The van der Waals surface area contributed by atoms with E-state index in [-0.39, 0.29) is 5.91 Å². The molecular weight excluding hydrogens is 530 g/mol. The monoisotopic (exact) mass is 555 g/mol. The summed E-state index contributed by atoms with van der Waals surface area (Å²) in [6, 6.07) is 19.6. The Kier molecular flexibility index (Phi) is 6.16. The Bertz CT molecular complexity index is 1980. The number of aromatic nitrogens is 7. The van der Waals surface area contributed by atoms with Crippen molar-refractivity contribution in [2.75, 3.05) is 10.6 Å². The highest BCUT2D eigenvalue weighted by molar-refractivity contribution is 6.09. The van der Waals surface area contributed by atoms with Crippen LogP contribution in [0.25, 0.3) is 39.6 Å². The first-order valence-electron chi connectivity index (χ1n) is 13.3. The number of aryl methyl sites for hydroxylation is 2. The number of rotatable bonds is 6. The second-order valence-corrected chi connectivity index (χ2v) is 9.85. The van der Waals surface area contributed by atoms with E-state index < -0.39 is 0 Å². The zero-order chi connectivity index (χ0) is 28.6. The van der Waals surface area contributed by atoms with Crippen molar-refractivity contribution in [3.8, 4) is 34.0 Å². The molecular formula is C31H25N9O2. The Morgan fingerprint density at radius 1 is 1.07 bits per heavy atom. The standard InChI is InChI=1S/C31H25N9O2/c1-19-4-3-5-26(37-19)42-23-10-11-24-21(14-23)15-33-30-28-27(24)29(39(2)31(28)35-17-34-30)20-6-8-22(9-7-20)38-25(41)12-13-40-18-32-16-36-40/h3-14,16-18H,15H2,1-2H3,(H,38,41)(H,33,34,35)/b13-12+. The minimum Gasteiger partial charge on any atom is -0.439 e. The van der Waals surface area contributed by atoms with Crippen LogP contribution in [0, 0.1) is 6.92 Å². The third-order valence-corrected chi connectivity index (χ3v) is 7.09. The zero-order valence-electron chi connectivity index (χ0n) is 22.8. The quantitative estimate of drug-likeness (QED) is 0.261. The summed E-state index contributed by atoms with van der Waals surface area (Å²) in [7, 11) is 2.00. The highest BCUT2D eigenvalue weighted by Crippen LogP contribution is 2.46. The molecule has 2 aromatic carbocycles. The minimum absolute atomic E-state index is 0.270. The highest BCUT2D eigenvalue weighted by atomic mass is 16.5. The Balaban J connectivity index is 1.25. The predicted octanol–water partition coefficient (Wildman–Crippen LogP) is 5.42. The van der Waals surface area contributed by atoms with Crippen molar-refractivity contribution in [1.82, 2.24) is 34.3 Å². The van der Waals surface area contributed by atoms with Gasteiger partial charge in [0.2, 0.25) is 11.8 Å². The topological polar surface area (TPSA) is 125 Å². The van der Waals surface area contributed by atoms with Crippen LogP contribution < -0.4 is 15.4 Å². The lowest BCUT2D eigenvalue weighted by Gasteiger charge is -2.14. The minimum atomic E-state index is -0.270. The lowest BCUT2D eigenvalue weighted by molar-refractivity contribution is -0.111. The number of carbonyl (C=O) groups is 1. The molecule has 0 atom stereocenters. The van der Waals surface area contributed by atoms with Gasteiger partial charge in [0, 0.05) is 48.9 Å². The molecule has 1 aliphatic rings. The number of nitrogens with zero attached hydrogens (tertiary/aromatic N) is 7. The first kappa shape index (κ1) is 25.1. The van der Waals surface area contributed by atoms with Crippen molar-refractivity contribution in [3.63, 3.8) is 0 Å². The fraction of sp³-hybridized carbons (Fsp3) is 0.0968. The van der Waals surface area contributed by atoms with Crippen molar-refractivity contribution in [1.29, 1.82) is 0 Å². The van der Waals surface area contributed by atoms with E-state index in [2.05, 4.69) is 46.3 Å². The highest BCUT2D eigenvalue weighted by Gasteiger charge is 2.26. The van der Waals surface area contributed by atoms with Crippen LogP contribution in [0.4, 0.5) is 11.5 Å². The van der Waals surface area contributed by atoms with Crippen LogP contribution >= 0.6 is 0 Å². The van der Waals surface area contributed by atoms with Gasteiger partial charge in [0.05, 0.1) is 11.1 Å². The van der Waals surface area contributed by atoms with E-state index in [9.17, 15) is 4.79 Å². The molecule has 1 aliphatic heterocycles. The molecule has 42 heavy (non-hydrogen) atoms. The molecule has 0 unspecified atom stereocenters. The summed E-state index contributed by atoms with van der Waals surface area (Å²) in [6.07, 6.45) is 7.43. The van der Waals surface area contributed by atoms with E-state index in [1.807, 2.05) is 68.6 Å². The van der Waals surface area contributed by atoms with E-state index in [1.165, 1.54) is 29.6 Å². The number of benzene rings is 2. The molecule has 5 heterocycles. The molecule has 2 N–H and O–H groups in total. The second-order valence-electron chi connectivity index (χ2n) is 9.85. The maximum Gasteiger partial charge on any atom is 0.249 e. The van der Waals surface area contributed by atoms with Gasteiger partial charge in [-0.15, -0.1) is 0 Å². The first-order valence-corrected chi connectivity index (χ1v) is 13.3. The van der Waals surface area contributed by atoms with Gasteiger partial charge in [0.25, 0.3) is 0 Å². The Hall–Kier alpha value is -5.84. The number of ether oxygens (including phenoxy) is 1. The Morgan fingerprint density at radius 2 is 1.95 bits per heavy atom. The zero-order valence-corrected chi connectivity index (χ0v) is 22.8. The van der Waals surface area contributed by atoms with Gasteiger partial charge in [-0.3, -0.25) is 4.79 Å². The number of amides is 1. The van der Waals surface area contributed by atoms with Crippen molar-refractivity contribution >= 4 is 34.6 Å². The van der Waals surface area contributed by atoms with Crippen LogP contribution in [-0.4, -0.2) is 40.2 Å². The molecule has 0 radical (unpaired) electrons. The number of anilines is 2. The lowest BCUT2D eigenvalue weighted by Crippen LogP contribution is -2.08. The predicted molar refractivity (Wildman–Crippen MR) is 160 cm³/mol. The fourth-order valence-corrected chi connectivity index (χ4v) is 5.22. The number of fused-ring (bicyclic) bond motifs is 2. The van der Waals surface area contributed by atoms with Gasteiger partial charge in [-0.25, -0.2) is 24.6 Å². The van der Waals surface area contributed by atoms with E-state index in [1.54, 1.807) is 6.33 Å². The SMILES string of the molecule is Cc1cccc(Oc2ccc3c(c2)CNc2ncnc4c2c-3c(-c2ccc(NC(=O)/C=C/n3cncn3)cc2)n4C)n1. The maximum atomic E-state index is 12.4. The summed E-state index contributed by atoms with van der Waals surface area (Å²) in [5, 5.41) is 11.3.